The lowest BCUT2D eigenvalue weighted by molar-refractivity contribution is 0.0275. The molecule has 0 aliphatic carbocycles. The summed E-state index contributed by atoms with van der Waals surface area (Å²) in [6.45, 7) is 17.4. The van der Waals surface area contributed by atoms with Crippen molar-refractivity contribution in [2.45, 2.75) is 59.9 Å². The molecule has 1 atom stereocenters. The van der Waals surface area contributed by atoms with Crippen molar-refractivity contribution >= 4 is 28.5 Å². The molecule has 0 spiro atoms. The van der Waals surface area contributed by atoms with E-state index in [0.29, 0.717) is 25.5 Å². The third-order valence-corrected chi connectivity index (χ3v) is 7.02. The quantitative estimate of drug-likeness (QED) is 0.299. The Labute approximate surface area is 236 Å². The van der Waals surface area contributed by atoms with Crippen LogP contribution in [0.25, 0.3) is 0 Å². The van der Waals surface area contributed by atoms with Crippen molar-refractivity contribution in [3.8, 4) is 0 Å². The van der Waals surface area contributed by atoms with Gasteiger partial charge in [-0.25, -0.2) is 9.78 Å². The highest BCUT2D eigenvalue weighted by Crippen LogP contribution is 2.23. The van der Waals surface area contributed by atoms with Crippen LogP contribution < -0.4 is 15.5 Å². The van der Waals surface area contributed by atoms with Gasteiger partial charge in [0.25, 0.3) is 5.91 Å². The number of carbonyl (C=O) groups excluding carboxylic acids is 2. The summed E-state index contributed by atoms with van der Waals surface area (Å²) in [5, 5.41) is 8.03. The number of rotatable bonds is 12. The van der Waals surface area contributed by atoms with E-state index in [0.717, 1.165) is 37.9 Å². The number of amides is 2. The highest BCUT2D eigenvalue weighted by atomic mass is 32.1. The fraction of sp³-hybridized carbons (Fsp3) is 0.607. The Morgan fingerprint density at radius 3 is 2.49 bits per heavy atom. The number of hydrogen-bond acceptors (Lipinski definition) is 9. The molecule has 1 aromatic carbocycles. The molecule has 11 heteroatoms. The normalized spacial score (nSPS) is 15.2. The van der Waals surface area contributed by atoms with Crippen LogP contribution in [0.4, 0.5) is 9.93 Å². The summed E-state index contributed by atoms with van der Waals surface area (Å²) >= 11 is 1.45. The number of piperazine rings is 1. The highest BCUT2D eigenvalue weighted by Gasteiger charge is 2.24. The number of aryl methyl sites for hydroxylation is 2. The van der Waals surface area contributed by atoms with Crippen LogP contribution >= 0.6 is 11.3 Å². The summed E-state index contributed by atoms with van der Waals surface area (Å²) in [5.41, 5.74) is 3.61. The molecule has 1 aliphatic heterocycles. The number of nitrogens with one attached hydrogen (secondary N) is 2. The van der Waals surface area contributed by atoms with E-state index >= 15 is 0 Å². The van der Waals surface area contributed by atoms with Crippen molar-refractivity contribution in [1.29, 1.82) is 0 Å². The van der Waals surface area contributed by atoms with E-state index in [1.807, 2.05) is 6.92 Å². The van der Waals surface area contributed by atoms with E-state index in [4.69, 9.17) is 14.2 Å². The van der Waals surface area contributed by atoms with Gasteiger partial charge in [-0.05, 0) is 52.7 Å². The lowest BCUT2D eigenvalue weighted by atomic mass is 10.0. The van der Waals surface area contributed by atoms with Crippen molar-refractivity contribution in [3.63, 3.8) is 0 Å². The Morgan fingerprint density at radius 2 is 1.79 bits per heavy atom. The molecule has 216 valence electrons. The fourth-order valence-corrected chi connectivity index (χ4v) is 4.95. The predicted molar refractivity (Wildman–Crippen MR) is 153 cm³/mol. The SMILES string of the molecule is CCOCCOCC(NC(=O)OC(C)(C)C)NC(=O)c1csc(N2CCN(Cc3cc(C)ccc3C)CC2)n1. The van der Waals surface area contributed by atoms with Gasteiger partial charge in [0.05, 0.1) is 19.8 Å². The van der Waals surface area contributed by atoms with Crippen LogP contribution in [0.3, 0.4) is 0 Å². The minimum Gasteiger partial charge on any atom is -0.444 e. The van der Waals surface area contributed by atoms with Crippen molar-refractivity contribution < 1.29 is 23.8 Å². The zero-order valence-corrected chi connectivity index (χ0v) is 24.9. The van der Waals surface area contributed by atoms with Gasteiger partial charge in [-0.15, -0.1) is 11.3 Å². The van der Waals surface area contributed by atoms with Gasteiger partial charge in [0.15, 0.2) is 5.13 Å². The summed E-state index contributed by atoms with van der Waals surface area (Å²) in [7, 11) is 0. The van der Waals surface area contributed by atoms with E-state index in [-0.39, 0.29) is 12.5 Å². The Bertz CT molecular complexity index is 1080. The number of anilines is 1. The molecule has 0 radical (unpaired) electrons. The van der Waals surface area contributed by atoms with Gasteiger partial charge in [0.1, 0.15) is 17.5 Å². The Hall–Kier alpha value is -2.73. The number of carbonyl (C=O) groups is 2. The first-order chi connectivity index (χ1) is 18.5. The Morgan fingerprint density at radius 1 is 1.08 bits per heavy atom. The second-order valence-corrected chi connectivity index (χ2v) is 11.5. The van der Waals surface area contributed by atoms with Crippen LogP contribution in [0.1, 0.15) is 54.9 Å². The average molecular weight is 562 g/mol. The van der Waals surface area contributed by atoms with Crippen LogP contribution in [-0.4, -0.2) is 86.3 Å². The zero-order valence-electron chi connectivity index (χ0n) is 24.0. The molecule has 2 N–H and O–H groups in total. The summed E-state index contributed by atoms with van der Waals surface area (Å²) < 4.78 is 16.2. The molecule has 1 aromatic heterocycles. The number of alkyl carbamates (subject to hydrolysis) is 1. The van der Waals surface area contributed by atoms with Gasteiger partial charge in [0, 0.05) is 44.7 Å². The van der Waals surface area contributed by atoms with Crippen molar-refractivity contribution in [2.24, 2.45) is 0 Å². The molecule has 1 saturated heterocycles. The second-order valence-electron chi connectivity index (χ2n) is 10.7. The Balaban J connectivity index is 1.54. The molecule has 2 amide bonds. The number of ether oxygens (including phenoxy) is 3. The predicted octanol–water partition coefficient (Wildman–Crippen LogP) is 3.72. The molecule has 0 bridgehead atoms. The minimum absolute atomic E-state index is 0.0669. The highest BCUT2D eigenvalue weighted by molar-refractivity contribution is 7.13. The lowest BCUT2D eigenvalue weighted by Gasteiger charge is -2.34. The molecule has 39 heavy (non-hydrogen) atoms. The maximum Gasteiger partial charge on any atom is 0.409 e. The average Bonchev–Trinajstić information content (AvgIpc) is 3.36. The van der Waals surface area contributed by atoms with Gasteiger partial charge >= 0.3 is 6.09 Å². The van der Waals surface area contributed by atoms with E-state index in [2.05, 4.69) is 57.5 Å². The van der Waals surface area contributed by atoms with E-state index in [1.54, 1.807) is 26.2 Å². The first-order valence-electron chi connectivity index (χ1n) is 13.5. The van der Waals surface area contributed by atoms with Crippen molar-refractivity contribution in [2.75, 3.05) is 57.5 Å². The van der Waals surface area contributed by atoms with Crippen LogP contribution in [0.5, 0.6) is 0 Å². The van der Waals surface area contributed by atoms with Gasteiger partial charge in [-0.3, -0.25) is 15.0 Å². The van der Waals surface area contributed by atoms with E-state index in [9.17, 15) is 9.59 Å². The molecule has 1 aliphatic rings. The molecule has 1 fully saturated rings. The first-order valence-corrected chi connectivity index (χ1v) is 14.4. The minimum atomic E-state index is -0.784. The molecule has 10 nitrogen and oxygen atoms in total. The monoisotopic (exact) mass is 561 g/mol. The van der Waals surface area contributed by atoms with Crippen LogP contribution in [0.2, 0.25) is 0 Å². The number of aromatic nitrogens is 1. The molecular weight excluding hydrogens is 518 g/mol. The summed E-state index contributed by atoms with van der Waals surface area (Å²) in [5.74, 6) is -0.388. The largest absolute Gasteiger partial charge is 0.444 e. The Kier molecular flexibility index (Phi) is 11.5. The maximum atomic E-state index is 13.0. The zero-order chi connectivity index (χ0) is 28.4. The third-order valence-electron chi connectivity index (χ3n) is 6.12. The number of thiazole rings is 1. The number of nitrogens with zero attached hydrogens (tertiary/aromatic N) is 3. The molecule has 2 aromatic rings. The lowest BCUT2D eigenvalue weighted by Crippen LogP contribution is -2.52. The smallest absolute Gasteiger partial charge is 0.409 e. The maximum absolute atomic E-state index is 13.0. The second kappa shape index (κ2) is 14.6. The summed E-state index contributed by atoms with van der Waals surface area (Å²) in [6, 6.07) is 6.60. The van der Waals surface area contributed by atoms with Crippen LogP contribution in [0, 0.1) is 13.8 Å². The van der Waals surface area contributed by atoms with E-state index in [1.165, 1.54) is 28.0 Å². The van der Waals surface area contributed by atoms with Gasteiger partial charge in [-0.2, -0.15) is 0 Å². The van der Waals surface area contributed by atoms with Crippen molar-refractivity contribution in [3.05, 3.63) is 46.0 Å². The summed E-state index contributed by atoms with van der Waals surface area (Å²) in [4.78, 5) is 34.6. The fourth-order valence-electron chi connectivity index (χ4n) is 4.09. The summed E-state index contributed by atoms with van der Waals surface area (Å²) in [6.07, 6.45) is -1.42. The molecule has 2 heterocycles. The number of benzene rings is 1. The molecule has 0 saturated carbocycles. The van der Waals surface area contributed by atoms with E-state index < -0.39 is 17.9 Å². The first kappa shape index (κ1) is 30.8. The molecule has 3 rings (SSSR count). The van der Waals surface area contributed by atoms with Gasteiger partial charge in [-0.1, -0.05) is 23.8 Å². The molecular formula is C28H43N5O5S. The van der Waals surface area contributed by atoms with Gasteiger partial charge < -0.3 is 24.4 Å². The molecule has 1 unspecified atom stereocenters. The third kappa shape index (κ3) is 10.4. The standard InChI is InChI=1S/C28H43N5O5S/c1-7-36-14-15-37-18-24(31-27(35)38-28(4,5)6)30-25(34)23-19-39-26(29-23)33-12-10-32(11-13-33)17-22-16-20(2)8-9-21(22)3/h8-9,16,19,24H,7,10-15,17-18H2,1-6H3,(H,30,34)(H,31,35). The topological polar surface area (TPSA) is 105 Å². The van der Waals surface area contributed by atoms with Gasteiger partial charge in [0.2, 0.25) is 0 Å². The van der Waals surface area contributed by atoms with Crippen molar-refractivity contribution in [1.82, 2.24) is 20.5 Å². The van der Waals surface area contributed by atoms with Crippen LogP contribution in [-0.2, 0) is 20.8 Å². The number of hydrogen-bond donors (Lipinski definition) is 2. The van der Waals surface area contributed by atoms with Crippen LogP contribution in [0.15, 0.2) is 23.6 Å².